The van der Waals surface area contributed by atoms with E-state index in [1.807, 2.05) is 19.3 Å². The predicted molar refractivity (Wildman–Crippen MR) is 121 cm³/mol. The van der Waals surface area contributed by atoms with Crippen LogP contribution < -0.4 is 15.5 Å². The van der Waals surface area contributed by atoms with Crippen LogP contribution in [0.1, 0.15) is 49.5 Å². The number of nitrogens with zero attached hydrogens (tertiary/aromatic N) is 4. The second kappa shape index (κ2) is 10.5. The van der Waals surface area contributed by atoms with Crippen LogP contribution in [-0.2, 0) is 6.54 Å². The van der Waals surface area contributed by atoms with Crippen molar-refractivity contribution < 1.29 is 4.42 Å². The van der Waals surface area contributed by atoms with E-state index in [2.05, 4.69) is 48.6 Å². The molecule has 2 fully saturated rings. The lowest BCUT2D eigenvalue weighted by Gasteiger charge is -2.28. The van der Waals surface area contributed by atoms with E-state index in [1.165, 1.54) is 37.7 Å². The van der Waals surface area contributed by atoms with Crippen molar-refractivity contribution in [3.63, 3.8) is 0 Å². The first-order valence-electron chi connectivity index (χ1n) is 11.3. The molecule has 0 bridgehead atoms. The highest BCUT2D eigenvalue weighted by atomic mass is 16.3. The highest BCUT2D eigenvalue weighted by Gasteiger charge is 2.25. The zero-order chi connectivity index (χ0) is 20.6. The Morgan fingerprint density at radius 2 is 1.90 bits per heavy atom. The first kappa shape index (κ1) is 20.7. The molecule has 0 amide bonds. The molecule has 0 aromatic carbocycles. The van der Waals surface area contributed by atoms with Gasteiger partial charge < -0.3 is 20.0 Å². The van der Waals surface area contributed by atoms with E-state index in [4.69, 9.17) is 4.42 Å². The number of furan rings is 1. The summed E-state index contributed by atoms with van der Waals surface area (Å²) in [6, 6.07) is 8.53. The van der Waals surface area contributed by atoms with Crippen molar-refractivity contribution >= 4 is 11.8 Å². The third kappa shape index (κ3) is 5.33. The summed E-state index contributed by atoms with van der Waals surface area (Å²) in [7, 11) is 1.82. The molecule has 1 atom stereocenters. The van der Waals surface area contributed by atoms with Gasteiger partial charge >= 0.3 is 0 Å². The van der Waals surface area contributed by atoms with Crippen LogP contribution in [-0.4, -0.2) is 55.6 Å². The number of aliphatic imine (C=N–C) groups is 1. The van der Waals surface area contributed by atoms with Crippen LogP contribution in [0.15, 0.2) is 46.1 Å². The van der Waals surface area contributed by atoms with Crippen LogP contribution in [0.4, 0.5) is 5.82 Å². The van der Waals surface area contributed by atoms with Crippen LogP contribution in [0.3, 0.4) is 0 Å². The van der Waals surface area contributed by atoms with E-state index >= 15 is 0 Å². The van der Waals surface area contributed by atoms with E-state index in [1.54, 1.807) is 6.26 Å². The monoisotopic (exact) mass is 410 g/mol. The largest absolute Gasteiger partial charge is 0.468 e. The maximum absolute atomic E-state index is 5.72. The van der Waals surface area contributed by atoms with Crippen molar-refractivity contribution in [2.75, 3.05) is 44.7 Å². The van der Waals surface area contributed by atoms with Gasteiger partial charge in [0.2, 0.25) is 0 Å². The number of anilines is 1. The molecule has 4 heterocycles. The van der Waals surface area contributed by atoms with Gasteiger partial charge in [0.05, 0.1) is 12.3 Å². The fraction of sp³-hybridized carbons (Fsp3) is 0.565. The van der Waals surface area contributed by atoms with Gasteiger partial charge in [0.15, 0.2) is 5.96 Å². The van der Waals surface area contributed by atoms with E-state index < -0.39 is 0 Å². The Labute approximate surface area is 179 Å². The molecule has 2 saturated heterocycles. The number of rotatable bonds is 7. The molecule has 7 heteroatoms. The molecular formula is C23H34N6O. The van der Waals surface area contributed by atoms with E-state index in [0.29, 0.717) is 0 Å². The minimum atomic E-state index is 0.229. The smallest absolute Gasteiger partial charge is 0.191 e. The number of guanidine groups is 1. The maximum atomic E-state index is 5.72. The van der Waals surface area contributed by atoms with Crippen LogP contribution in [0.5, 0.6) is 0 Å². The van der Waals surface area contributed by atoms with Gasteiger partial charge in [-0.25, -0.2) is 4.98 Å². The fourth-order valence-corrected chi connectivity index (χ4v) is 4.41. The van der Waals surface area contributed by atoms with Crippen molar-refractivity contribution in [3.05, 3.63) is 48.0 Å². The highest BCUT2D eigenvalue weighted by Crippen LogP contribution is 2.25. The molecule has 162 valence electrons. The number of aromatic nitrogens is 1. The molecule has 7 nitrogen and oxygen atoms in total. The lowest BCUT2D eigenvalue weighted by atomic mass is 10.1. The Bertz CT molecular complexity index is 794. The third-order valence-corrected chi connectivity index (χ3v) is 6.09. The van der Waals surface area contributed by atoms with Crippen molar-refractivity contribution in [2.45, 2.75) is 44.7 Å². The first-order chi connectivity index (χ1) is 14.8. The Balaban J connectivity index is 1.32. The van der Waals surface area contributed by atoms with Crippen LogP contribution >= 0.6 is 0 Å². The summed E-state index contributed by atoms with van der Waals surface area (Å²) in [5.41, 5.74) is 1.22. The quantitative estimate of drug-likeness (QED) is 0.540. The molecule has 0 aliphatic carbocycles. The Kier molecular flexibility index (Phi) is 7.24. The average molecular weight is 411 g/mol. The minimum absolute atomic E-state index is 0.229. The summed E-state index contributed by atoms with van der Waals surface area (Å²) in [5, 5.41) is 6.94. The summed E-state index contributed by atoms with van der Waals surface area (Å²) < 4.78 is 5.72. The molecule has 0 saturated carbocycles. The highest BCUT2D eigenvalue weighted by molar-refractivity contribution is 5.79. The zero-order valence-electron chi connectivity index (χ0n) is 18.0. The van der Waals surface area contributed by atoms with Crippen molar-refractivity contribution in [2.24, 2.45) is 4.99 Å². The third-order valence-electron chi connectivity index (χ3n) is 6.09. The van der Waals surface area contributed by atoms with Gasteiger partial charge in [0.1, 0.15) is 11.6 Å². The molecule has 4 rings (SSSR count). The molecule has 1 unspecified atom stereocenters. The Hall–Kier alpha value is -2.54. The molecule has 2 aliphatic rings. The topological polar surface area (TPSA) is 68.9 Å². The summed E-state index contributed by atoms with van der Waals surface area (Å²) in [5.74, 6) is 2.91. The molecule has 0 radical (unpaired) electrons. The van der Waals surface area contributed by atoms with Crippen LogP contribution in [0.2, 0.25) is 0 Å². The standard InChI is InChI=1S/C23H34N6O/c1-24-23(27-18-20(21-8-7-15-30-21)28-11-5-6-12-28)26-17-19-9-10-25-22(16-19)29-13-3-2-4-14-29/h7-10,15-16,20H,2-6,11-14,17-18H2,1H3,(H2,24,26,27). The summed E-state index contributed by atoms with van der Waals surface area (Å²) in [6.45, 7) is 5.95. The average Bonchev–Trinajstić information content (AvgIpc) is 3.52. The molecule has 0 spiro atoms. The van der Waals surface area contributed by atoms with Gasteiger partial charge in [-0.05, 0) is 75.0 Å². The second-order valence-corrected chi connectivity index (χ2v) is 8.15. The normalized spacial score (nSPS) is 19.1. The SMILES string of the molecule is CN=C(NCc1ccnc(N2CCCCC2)c1)NCC(c1ccco1)N1CCCC1. The van der Waals surface area contributed by atoms with Crippen LogP contribution in [0, 0.1) is 0 Å². The molecule has 30 heavy (non-hydrogen) atoms. The number of nitrogens with one attached hydrogen (secondary N) is 2. The second-order valence-electron chi connectivity index (χ2n) is 8.15. The summed E-state index contributed by atoms with van der Waals surface area (Å²) in [6.07, 6.45) is 10.0. The van der Waals surface area contributed by atoms with Crippen molar-refractivity contribution in [1.82, 2.24) is 20.5 Å². The van der Waals surface area contributed by atoms with Gasteiger partial charge in [0, 0.05) is 39.4 Å². The van der Waals surface area contributed by atoms with E-state index in [9.17, 15) is 0 Å². The molecule has 2 aromatic rings. The van der Waals surface area contributed by atoms with Gasteiger partial charge in [-0.1, -0.05) is 0 Å². The Morgan fingerprint density at radius 3 is 2.63 bits per heavy atom. The van der Waals surface area contributed by atoms with Gasteiger partial charge in [0.25, 0.3) is 0 Å². The minimum Gasteiger partial charge on any atom is -0.468 e. The Morgan fingerprint density at radius 1 is 1.10 bits per heavy atom. The molecule has 2 N–H and O–H groups in total. The number of pyridine rings is 1. The van der Waals surface area contributed by atoms with E-state index in [-0.39, 0.29) is 6.04 Å². The number of piperidine rings is 1. The number of hydrogen-bond acceptors (Lipinski definition) is 5. The van der Waals surface area contributed by atoms with Crippen molar-refractivity contribution in [3.8, 4) is 0 Å². The number of likely N-dealkylation sites (tertiary alicyclic amines) is 1. The number of hydrogen-bond donors (Lipinski definition) is 2. The maximum Gasteiger partial charge on any atom is 0.191 e. The van der Waals surface area contributed by atoms with Crippen LogP contribution in [0.25, 0.3) is 0 Å². The fourth-order valence-electron chi connectivity index (χ4n) is 4.41. The van der Waals surface area contributed by atoms with Gasteiger partial charge in [-0.3, -0.25) is 9.89 Å². The van der Waals surface area contributed by atoms with Gasteiger partial charge in [-0.2, -0.15) is 0 Å². The van der Waals surface area contributed by atoms with Gasteiger partial charge in [-0.15, -0.1) is 0 Å². The lowest BCUT2D eigenvalue weighted by molar-refractivity contribution is 0.215. The molecule has 2 aliphatic heterocycles. The first-order valence-corrected chi connectivity index (χ1v) is 11.3. The van der Waals surface area contributed by atoms with Crippen molar-refractivity contribution in [1.29, 1.82) is 0 Å². The zero-order valence-corrected chi connectivity index (χ0v) is 18.0. The predicted octanol–water partition coefficient (Wildman–Crippen LogP) is 3.17. The summed E-state index contributed by atoms with van der Waals surface area (Å²) in [4.78, 5) is 13.9. The molecule has 2 aromatic heterocycles. The lowest BCUT2D eigenvalue weighted by Crippen LogP contribution is -2.42. The molecular weight excluding hydrogens is 376 g/mol. The van der Waals surface area contributed by atoms with E-state index in [0.717, 1.165) is 56.8 Å². The summed E-state index contributed by atoms with van der Waals surface area (Å²) >= 11 is 0.